The van der Waals surface area contributed by atoms with Crippen molar-refractivity contribution in [3.05, 3.63) is 18.0 Å². The molecule has 1 rings (SSSR count). The van der Waals surface area contributed by atoms with E-state index in [0.717, 1.165) is 6.42 Å². The van der Waals surface area contributed by atoms with Gasteiger partial charge in [0.1, 0.15) is 6.04 Å². The molecule has 0 aromatic carbocycles. The van der Waals surface area contributed by atoms with Gasteiger partial charge in [-0.25, -0.2) is 0 Å². The summed E-state index contributed by atoms with van der Waals surface area (Å²) in [6.07, 6.45) is 4.19. The van der Waals surface area contributed by atoms with E-state index in [9.17, 15) is 4.79 Å². The minimum atomic E-state index is -0.869. The number of rotatable bonds is 5. The summed E-state index contributed by atoms with van der Waals surface area (Å²) in [6, 6.07) is -0.649. The molecule has 5 heteroatoms. The predicted molar refractivity (Wildman–Crippen MR) is 51.9 cm³/mol. The summed E-state index contributed by atoms with van der Waals surface area (Å²) in [5.41, 5.74) is 0.688. The predicted octanol–water partition coefficient (Wildman–Crippen LogP) is 0.545. The lowest BCUT2D eigenvalue weighted by atomic mass is 10.1. The zero-order chi connectivity index (χ0) is 10.6. The van der Waals surface area contributed by atoms with E-state index in [1.807, 2.05) is 6.92 Å². The zero-order valence-corrected chi connectivity index (χ0v) is 8.40. The van der Waals surface area contributed by atoms with Crippen LogP contribution in [0.15, 0.2) is 12.4 Å². The van der Waals surface area contributed by atoms with Crippen LogP contribution in [0.2, 0.25) is 0 Å². The van der Waals surface area contributed by atoms with Crippen LogP contribution in [0.1, 0.15) is 24.9 Å². The summed E-state index contributed by atoms with van der Waals surface area (Å²) in [5.74, 6) is -0.869. The SMILES string of the molecule is CCCN[C@H](C(=O)O)c1cnn(C)c1. The Kier molecular flexibility index (Phi) is 3.64. The van der Waals surface area contributed by atoms with Gasteiger partial charge in [0, 0.05) is 18.8 Å². The van der Waals surface area contributed by atoms with Crippen molar-refractivity contribution in [3.63, 3.8) is 0 Å². The van der Waals surface area contributed by atoms with Gasteiger partial charge < -0.3 is 10.4 Å². The van der Waals surface area contributed by atoms with Crippen molar-refractivity contribution in [3.8, 4) is 0 Å². The molecule has 0 amide bonds. The minimum Gasteiger partial charge on any atom is -0.480 e. The summed E-state index contributed by atoms with van der Waals surface area (Å²) in [7, 11) is 1.77. The van der Waals surface area contributed by atoms with Gasteiger partial charge in [0.15, 0.2) is 0 Å². The molecule has 1 atom stereocenters. The van der Waals surface area contributed by atoms with E-state index in [1.165, 1.54) is 0 Å². The van der Waals surface area contributed by atoms with Crippen LogP contribution < -0.4 is 5.32 Å². The van der Waals surface area contributed by atoms with Crippen molar-refractivity contribution in [2.75, 3.05) is 6.54 Å². The summed E-state index contributed by atoms with van der Waals surface area (Å²) in [6.45, 7) is 2.68. The van der Waals surface area contributed by atoms with Crippen LogP contribution in [0.25, 0.3) is 0 Å². The van der Waals surface area contributed by atoms with Gasteiger partial charge in [-0.05, 0) is 13.0 Å². The zero-order valence-electron chi connectivity index (χ0n) is 8.40. The van der Waals surface area contributed by atoms with Gasteiger partial charge in [0.2, 0.25) is 0 Å². The molecular formula is C9H15N3O2. The summed E-state index contributed by atoms with van der Waals surface area (Å²) < 4.78 is 1.60. The number of carboxylic acid groups (broad SMARTS) is 1. The molecule has 0 fully saturated rings. The maximum Gasteiger partial charge on any atom is 0.325 e. The molecular weight excluding hydrogens is 182 g/mol. The third-order valence-electron chi connectivity index (χ3n) is 1.90. The highest BCUT2D eigenvalue weighted by molar-refractivity contribution is 5.75. The number of nitrogens with one attached hydrogen (secondary N) is 1. The van der Waals surface area contributed by atoms with Crippen LogP contribution in [0.5, 0.6) is 0 Å². The van der Waals surface area contributed by atoms with Crippen molar-refractivity contribution >= 4 is 5.97 Å². The fourth-order valence-corrected chi connectivity index (χ4v) is 1.23. The van der Waals surface area contributed by atoms with Crippen molar-refractivity contribution in [1.82, 2.24) is 15.1 Å². The molecule has 2 N–H and O–H groups in total. The van der Waals surface area contributed by atoms with Gasteiger partial charge in [-0.3, -0.25) is 9.48 Å². The molecule has 0 radical (unpaired) electrons. The normalized spacial score (nSPS) is 12.7. The topological polar surface area (TPSA) is 67.2 Å². The Morgan fingerprint density at radius 2 is 2.50 bits per heavy atom. The fraction of sp³-hybridized carbons (Fsp3) is 0.556. The molecule has 14 heavy (non-hydrogen) atoms. The molecule has 0 unspecified atom stereocenters. The molecule has 0 aliphatic carbocycles. The Bertz CT molecular complexity index is 309. The minimum absolute atomic E-state index is 0.649. The van der Waals surface area contributed by atoms with Crippen molar-refractivity contribution in [1.29, 1.82) is 0 Å². The first-order valence-electron chi connectivity index (χ1n) is 4.60. The third kappa shape index (κ3) is 2.56. The van der Waals surface area contributed by atoms with Crippen LogP contribution in [-0.4, -0.2) is 27.4 Å². The maximum absolute atomic E-state index is 10.9. The van der Waals surface area contributed by atoms with Gasteiger partial charge in [-0.15, -0.1) is 0 Å². The Labute approximate surface area is 82.7 Å². The Morgan fingerprint density at radius 3 is 2.93 bits per heavy atom. The molecule has 1 aromatic heterocycles. The van der Waals surface area contributed by atoms with Crippen LogP contribution in [-0.2, 0) is 11.8 Å². The van der Waals surface area contributed by atoms with Crippen LogP contribution in [0.3, 0.4) is 0 Å². The number of hydrogen-bond donors (Lipinski definition) is 2. The maximum atomic E-state index is 10.9. The second-order valence-corrected chi connectivity index (χ2v) is 3.17. The first-order valence-corrected chi connectivity index (χ1v) is 4.60. The summed E-state index contributed by atoms with van der Waals surface area (Å²) >= 11 is 0. The second kappa shape index (κ2) is 4.76. The highest BCUT2D eigenvalue weighted by Gasteiger charge is 2.19. The van der Waals surface area contributed by atoms with Crippen LogP contribution in [0, 0.1) is 0 Å². The first-order chi connectivity index (χ1) is 6.65. The average Bonchev–Trinajstić information content (AvgIpc) is 2.52. The monoisotopic (exact) mass is 197 g/mol. The number of carboxylic acids is 1. The lowest BCUT2D eigenvalue weighted by Gasteiger charge is -2.11. The second-order valence-electron chi connectivity index (χ2n) is 3.17. The smallest absolute Gasteiger partial charge is 0.325 e. The Balaban J connectivity index is 2.72. The molecule has 1 aromatic rings. The molecule has 5 nitrogen and oxygen atoms in total. The van der Waals surface area contributed by atoms with Crippen molar-refractivity contribution < 1.29 is 9.90 Å². The van der Waals surface area contributed by atoms with Crippen molar-refractivity contribution in [2.24, 2.45) is 7.05 Å². The van der Waals surface area contributed by atoms with Gasteiger partial charge in [-0.2, -0.15) is 5.10 Å². The van der Waals surface area contributed by atoms with Gasteiger partial charge in [-0.1, -0.05) is 6.92 Å². The highest BCUT2D eigenvalue weighted by atomic mass is 16.4. The third-order valence-corrected chi connectivity index (χ3v) is 1.90. The van der Waals surface area contributed by atoms with E-state index in [2.05, 4.69) is 10.4 Å². The summed E-state index contributed by atoms with van der Waals surface area (Å²) in [4.78, 5) is 10.9. The van der Waals surface area contributed by atoms with Gasteiger partial charge in [0.25, 0.3) is 0 Å². The molecule has 0 bridgehead atoms. The van der Waals surface area contributed by atoms with E-state index in [-0.39, 0.29) is 0 Å². The molecule has 1 heterocycles. The molecule has 0 aliphatic rings. The largest absolute Gasteiger partial charge is 0.480 e. The average molecular weight is 197 g/mol. The van der Waals surface area contributed by atoms with E-state index < -0.39 is 12.0 Å². The number of hydrogen-bond acceptors (Lipinski definition) is 3. The molecule has 0 spiro atoms. The first kappa shape index (κ1) is 10.7. The van der Waals surface area contributed by atoms with Gasteiger partial charge in [0.05, 0.1) is 6.20 Å². The highest BCUT2D eigenvalue weighted by Crippen LogP contribution is 2.11. The van der Waals surface area contributed by atoms with Crippen LogP contribution >= 0.6 is 0 Å². The molecule has 0 saturated carbocycles. The Hall–Kier alpha value is -1.36. The quantitative estimate of drug-likeness (QED) is 0.723. The summed E-state index contributed by atoms with van der Waals surface area (Å²) in [5, 5.41) is 15.8. The van der Waals surface area contributed by atoms with E-state index >= 15 is 0 Å². The number of aliphatic carboxylic acids is 1. The van der Waals surface area contributed by atoms with Crippen LogP contribution in [0.4, 0.5) is 0 Å². The van der Waals surface area contributed by atoms with Crippen molar-refractivity contribution in [2.45, 2.75) is 19.4 Å². The Morgan fingerprint density at radius 1 is 1.79 bits per heavy atom. The molecule has 78 valence electrons. The number of aromatic nitrogens is 2. The number of carbonyl (C=O) groups is 1. The number of aryl methyl sites for hydroxylation is 1. The van der Waals surface area contributed by atoms with E-state index in [1.54, 1.807) is 24.1 Å². The molecule has 0 saturated heterocycles. The van der Waals surface area contributed by atoms with E-state index in [0.29, 0.717) is 12.1 Å². The van der Waals surface area contributed by atoms with Gasteiger partial charge >= 0.3 is 5.97 Å². The van der Waals surface area contributed by atoms with E-state index in [4.69, 9.17) is 5.11 Å². The lowest BCUT2D eigenvalue weighted by Crippen LogP contribution is -2.28. The lowest BCUT2D eigenvalue weighted by molar-refractivity contribution is -0.139. The number of nitrogens with zero attached hydrogens (tertiary/aromatic N) is 2. The standard InChI is InChI=1S/C9H15N3O2/c1-3-4-10-8(9(13)14)7-5-11-12(2)6-7/h5-6,8,10H,3-4H2,1-2H3,(H,13,14)/t8-/m0/s1. The molecule has 0 aliphatic heterocycles. The fourth-order valence-electron chi connectivity index (χ4n) is 1.23.